The predicted molar refractivity (Wildman–Crippen MR) is 92.7 cm³/mol. The maximum Gasteiger partial charge on any atom is 0.306 e. The number of nitrogens with zero attached hydrogens (tertiary/aromatic N) is 2. The molecule has 0 unspecified atom stereocenters. The molecule has 0 saturated heterocycles. The lowest BCUT2D eigenvalue weighted by Gasteiger charge is -2.01. The summed E-state index contributed by atoms with van der Waals surface area (Å²) in [6.45, 7) is -0.311. The van der Waals surface area contributed by atoms with Crippen LogP contribution < -0.4 is 0 Å². The van der Waals surface area contributed by atoms with E-state index < -0.39 is 5.97 Å². The van der Waals surface area contributed by atoms with Gasteiger partial charge in [-0.15, -0.1) is 11.3 Å². The third kappa shape index (κ3) is 4.74. The Balaban J connectivity index is 1.46. The lowest BCUT2D eigenvalue weighted by atomic mass is 10.2. The smallest absolute Gasteiger partial charge is 0.306 e. The Bertz CT molecular complexity index is 876. The quantitative estimate of drug-likeness (QED) is 0.460. The molecule has 0 atom stereocenters. The molecule has 0 aliphatic carbocycles. The topological polar surface area (TPSA) is 82.3 Å². The number of rotatable bonds is 7. The molecule has 0 fully saturated rings. The minimum atomic E-state index is -0.504. The van der Waals surface area contributed by atoms with Crippen LogP contribution in [0.4, 0.5) is 0 Å². The van der Waals surface area contributed by atoms with Gasteiger partial charge in [0.05, 0.1) is 15.6 Å². The summed E-state index contributed by atoms with van der Waals surface area (Å²) in [5.74, 6) is 0.0192. The molecule has 2 aromatic heterocycles. The zero-order valence-corrected chi connectivity index (χ0v) is 14.5. The van der Waals surface area contributed by atoms with Crippen LogP contribution in [0, 0.1) is 0 Å². The van der Waals surface area contributed by atoms with Crippen molar-refractivity contribution in [3.8, 4) is 11.4 Å². The van der Waals surface area contributed by atoms with Gasteiger partial charge in [0.25, 0.3) is 0 Å². The fraction of sp³-hybridized carbons (Fsp3) is 0.176. The van der Waals surface area contributed by atoms with E-state index in [0.29, 0.717) is 20.9 Å². The number of Topliss-reactive ketones (excluding diaryl/α,β-unsaturated/α-hetero) is 1. The highest BCUT2D eigenvalue weighted by molar-refractivity contribution is 7.18. The van der Waals surface area contributed by atoms with Gasteiger partial charge < -0.3 is 9.26 Å². The Kier molecular flexibility index (Phi) is 5.57. The number of thiophene rings is 1. The molecular formula is C17H13ClN2O4S. The second kappa shape index (κ2) is 8.04. The van der Waals surface area contributed by atoms with Crippen LogP contribution in [-0.4, -0.2) is 28.5 Å². The van der Waals surface area contributed by atoms with Gasteiger partial charge in [0, 0.05) is 12.0 Å². The molecule has 0 bridgehead atoms. The molecule has 0 aliphatic heterocycles. The minimum Gasteiger partial charge on any atom is -0.457 e. The molecule has 6 nitrogen and oxygen atoms in total. The second-order valence-electron chi connectivity index (χ2n) is 5.07. The SMILES string of the molecule is O=C(CCc1nc(-c2ccccc2)no1)OCC(=O)c1ccc(Cl)s1. The fourth-order valence-electron chi connectivity index (χ4n) is 2.02. The van der Waals surface area contributed by atoms with Gasteiger partial charge >= 0.3 is 5.97 Å². The van der Waals surface area contributed by atoms with Gasteiger partial charge in [-0.1, -0.05) is 47.1 Å². The van der Waals surface area contributed by atoms with Crippen LogP contribution in [0.3, 0.4) is 0 Å². The Morgan fingerprint density at radius 1 is 1.16 bits per heavy atom. The number of carbonyl (C=O) groups excluding carboxylic acids is 2. The average molecular weight is 377 g/mol. The highest BCUT2D eigenvalue weighted by Crippen LogP contribution is 2.21. The van der Waals surface area contributed by atoms with E-state index in [-0.39, 0.29) is 25.2 Å². The van der Waals surface area contributed by atoms with Crippen LogP contribution in [0.1, 0.15) is 22.0 Å². The number of halogens is 1. The Morgan fingerprint density at radius 2 is 1.96 bits per heavy atom. The lowest BCUT2D eigenvalue weighted by molar-refractivity contribution is -0.142. The number of esters is 1. The van der Waals surface area contributed by atoms with Crippen molar-refractivity contribution in [2.45, 2.75) is 12.8 Å². The number of ether oxygens (including phenoxy) is 1. The summed E-state index contributed by atoms with van der Waals surface area (Å²) in [7, 11) is 0. The van der Waals surface area contributed by atoms with Gasteiger partial charge in [0.15, 0.2) is 6.61 Å². The summed E-state index contributed by atoms with van der Waals surface area (Å²) in [5.41, 5.74) is 0.834. The molecule has 0 spiro atoms. The van der Waals surface area contributed by atoms with Crippen LogP contribution in [0.5, 0.6) is 0 Å². The molecule has 0 aliphatic rings. The third-order valence-corrected chi connectivity index (χ3v) is 4.53. The molecule has 128 valence electrons. The number of ketones is 1. The number of aromatic nitrogens is 2. The Hall–Kier alpha value is -2.51. The van der Waals surface area contributed by atoms with Crippen molar-refractivity contribution >= 4 is 34.7 Å². The molecule has 0 saturated carbocycles. The van der Waals surface area contributed by atoms with Crippen molar-refractivity contribution in [1.29, 1.82) is 0 Å². The van der Waals surface area contributed by atoms with E-state index in [2.05, 4.69) is 10.1 Å². The van der Waals surface area contributed by atoms with Crippen LogP contribution in [0.15, 0.2) is 47.0 Å². The zero-order chi connectivity index (χ0) is 17.6. The molecule has 3 rings (SSSR count). The van der Waals surface area contributed by atoms with Gasteiger partial charge in [-0.3, -0.25) is 9.59 Å². The maximum atomic E-state index is 11.8. The summed E-state index contributed by atoms with van der Waals surface area (Å²) in [6.07, 6.45) is 0.298. The highest BCUT2D eigenvalue weighted by Gasteiger charge is 2.14. The third-order valence-electron chi connectivity index (χ3n) is 3.26. The molecule has 0 radical (unpaired) electrons. The summed E-state index contributed by atoms with van der Waals surface area (Å²) in [5, 5.41) is 3.88. The van der Waals surface area contributed by atoms with Gasteiger partial charge in [-0.05, 0) is 12.1 Å². The Labute approximate surface area is 152 Å². The molecule has 8 heteroatoms. The molecule has 2 heterocycles. The van der Waals surface area contributed by atoms with Crippen molar-refractivity contribution in [2.24, 2.45) is 0 Å². The highest BCUT2D eigenvalue weighted by atomic mass is 35.5. The predicted octanol–water partition coefficient (Wildman–Crippen LogP) is 3.81. The average Bonchev–Trinajstić information content (AvgIpc) is 3.28. The van der Waals surface area contributed by atoms with Crippen molar-refractivity contribution in [3.05, 3.63) is 57.6 Å². The Morgan fingerprint density at radius 3 is 2.68 bits per heavy atom. The minimum absolute atomic E-state index is 0.0505. The van der Waals surface area contributed by atoms with E-state index in [4.69, 9.17) is 20.9 Å². The normalized spacial score (nSPS) is 10.6. The number of benzene rings is 1. The zero-order valence-electron chi connectivity index (χ0n) is 13.0. The van der Waals surface area contributed by atoms with E-state index in [1.807, 2.05) is 30.3 Å². The number of aryl methyl sites for hydroxylation is 1. The molecular weight excluding hydrogens is 364 g/mol. The molecule has 25 heavy (non-hydrogen) atoms. The van der Waals surface area contributed by atoms with Crippen LogP contribution in [-0.2, 0) is 16.0 Å². The molecule has 3 aromatic rings. The fourth-order valence-corrected chi connectivity index (χ4v) is 2.99. The van der Waals surface area contributed by atoms with E-state index in [1.165, 1.54) is 0 Å². The van der Waals surface area contributed by atoms with Gasteiger partial charge in [0.1, 0.15) is 0 Å². The van der Waals surface area contributed by atoms with Gasteiger partial charge in [0.2, 0.25) is 17.5 Å². The lowest BCUT2D eigenvalue weighted by Crippen LogP contribution is -2.13. The summed E-state index contributed by atoms with van der Waals surface area (Å²) < 4.78 is 10.6. The van der Waals surface area contributed by atoms with E-state index in [0.717, 1.165) is 16.9 Å². The van der Waals surface area contributed by atoms with Crippen LogP contribution in [0.25, 0.3) is 11.4 Å². The van der Waals surface area contributed by atoms with Gasteiger partial charge in [-0.2, -0.15) is 4.98 Å². The maximum absolute atomic E-state index is 11.8. The van der Waals surface area contributed by atoms with Crippen LogP contribution >= 0.6 is 22.9 Å². The largest absolute Gasteiger partial charge is 0.457 e. The van der Waals surface area contributed by atoms with Crippen molar-refractivity contribution < 1.29 is 18.8 Å². The first-order valence-corrected chi connectivity index (χ1v) is 8.63. The van der Waals surface area contributed by atoms with Crippen molar-refractivity contribution in [1.82, 2.24) is 10.1 Å². The monoisotopic (exact) mass is 376 g/mol. The number of hydrogen-bond acceptors (Lipinski definition) is 7. The molecule has 0 amide bonds. The van der Waals surface area contributed by atoms with Crippen molar-refractivity contribution in [2.75, 3.05) is 6.61 Å². The first-order valence-electron chi connectivity index (χ1n) is 7.44. The van der Waals surface area contributed by atoms with E-state index in [9.17, 15) is 9.59 Å². The second-order valence-corrected chi connectivity index (χ2v) is 6.78. The molecule has 1 aromatic carbocycles. The number of carbonyl (C=O) groups is 2. The first-order chi connectivity index (χ1) is 12.1. The van der Waals surface area contributed by atoms with Crippen LogP contribution in [0.2, 0.25) is 4.34 Å². The number of hydrogen-bond donors (Lipinski definition) is 0. The first kappa shape index (κ1) is 17.3. The van der Waals surface area contributed by atoms with E-state index in [1.54, 1.807) is 12.1 Å². The van der Waals surface area contributed by atoms with Gasteiger partial charge in [-0.25, -0.2) is 0 Å². The standard InChI is InChI=1S/C17H13ClN2O4S/c18-14-7-6-13(25-14)12(21)10-23-16(22)9-8-15-19-17(20-24-15)11-4-2-1-3-5-11/h1-7H,8-10H2. The summed E-state index contributed by atoms with van der Waals surface area (Å²) in [4.78, 5) is 28.3. The van der Waals surface area contributed by atoms with E-state index >= 15 is 0 Å². The summed E-state index contributed by atoms with van der Waals surface area (Å²) >= 11 is 6.92. The summed E-state index contributed by atoms with van der Waals surface area (Å²) in [6, 6.07) is 12.6. The van der Waals surface area contributed by atoms with Crippen molar-refractivity contribution in [3.63, 3.8) is 0 Å². The molecule has 0 N–H and O–H groups in total.